The van der Waals surface area contributed by atoms with Gasteiger partial charge < -0.3 is 4.18 Å². The molecule has 2 aliphatic rings. The minimum absolute atomic E-state index is 0.181. The molecule has 5 rings (SSSR count). The topological polar surface area (TPSA) is 49.9 Å². The molecule has 0 saturated carbocycles. The van der Waals surface area contributed by atoms with Crippen molar-refractivity contribution < 1.29 is 25.8 Å². The standard InChI is InChI=1S/C30H33F3N2O3S/c1-22-18-34-21-28(24-12-7-4-8-13-24)35(19-23-10-5-3-6-11-23)20-26(34)17-29(22,2)25-14-9-15-27(16-25)38-39(36,37)30(31,32)33/h3-16,22,26,28H,17-21H2,1-2H3/t22-,26+,28+,29+/m0/s1. The number of piperidine rings is 1. The molecular weight excluding hydrogens is 525 g/mol. The molecule has 3 aromatic carbocycles. The molecule has 2 fully saturated rings. The molecule has 39 heavy (non-hydrogen) atoms. The normalized spacial score (nSPS) is 26.6. The lowest BCUT2D eigenvalue weighted by atomic mass is 9.65. The van der Waals surface area contributed by atoms with Gasteiger partial charge in [0.05, 0.1) is 0 Å². The summed E-state index contributed by atoms with van der Waals surface area (Å²) in [5.41, 5.74) is -2.55. The van der Waals surface area contributed by atoms with Gasteiger partial charge in [-0.15, -0.1) is 0 Å². The van der Waals surface area contributed by atoms with Crippen LogP contribution in [-0.2, 0) is 22.1 Å². The van der Waals surface area contributed by atoms with Crippen molar-refractivity contribution in [3.05, 3.63) is 102 Å². The summed E-state index contributed by atoms with van der Waals surface area (Å²) in [4.78, 5) is 5.07. The number of halogens is 3. The number of nitrogens with zero attached hydrogens (tertiary/aromatic N) is 2. The maximum Gasteiger partial charge on any atom is 0.534 e. The molecule has 0 amide bonds. The third-order valence-electron chi connectivity index (χ3n) is 8.46. The van der Waals surface area contributed by atoms with E-state index < -0.39 is 15.6 Å². The molecule has 0 unspecified atom stereocenters. The minimum atomic E-state index is -5.74. The van der Waals surface area contributed by atoms with Gasteiger partial charge in [0.25, 0.3) is 0 Å². The smallest absolute Gasteiger partial charge is 0.376 e. The number of alkyl halides is 3. The Hall–Kier alpha value is -2.88. The van der Waals surface area contributed by atoms with Crippen LogP contribution in [-0.4, -0.2) is 49.4 Å². The fourth-order valence-electron chi connectivity index (χ4n) is 6.12. The van der Waals surface area contributed by atoms with Gasteiger partial charge in [0.15, 0.2) is 0 Å². The zero-order chi connectivity index (χ0) is 27.8. The van der Waals surface area contributed by atoms with E-state index in [4.69, 9.17) is 0 Å². The van der Waals surface area contributed by atoms with Crippen molar-refractivity contribution in [1.82, 2.24) is 9.80 Å². The van der Waals surface area contributed by atoms with Crippen LogP contribution in [0.25, 0.3) is 0 Å². The summed E-state index contributed by atoms with van der Waals surface area (Å²) in [5, 5.41) is 0. The van der Waals surface area contributed by atoms with Crippen molar-refractivity contribution in [2.45, 2.75) is 49.8 Å². The fourth-order valence-corrected chi connectivity index (χ4v) is 6.58. The Balaban J connectivity index is 1.41. The first-order chi connectivity index (χ1) is 18.5. The molecule has 0 aliphatic carbocycles. The zero-order valence-electron chi connectivity index (χ0n) is 22.0. The molecule has 0 spiro atoms. The van der Waals surface area contributed by atoms with E-state index >= 15 is 0 Å². The van der Waals surface area contributed by atoms with Crippen molar-refractivity contribution in [2.75, 3.05) is 19.6 Å². The monoisotopic (exact) mass is 558 g/mol. The summed E-state index contributed by atoms with van der Waals surface area (Å²) < 4.78 is 66.5. The Morgan fingerprint density at radius 1 is 0.923 bits per heavy atom. The average Bonchev–Trinajstić information content (AvgIpc) is 2.90. The van der Waals surface area contributed by atoms with Crippen LogP contribution in [0.5, 0.6) is 5.75 Å². The van der Waals surface area contributed by atoms with Crippen molar-refractivity contribution in [2.24, 2.45) is 5.92 Å². The molecule has 9 heteroatoms. The first-order valence-electron chi connectivity index (χ1n) is 13.1. The van der Waals surface area contributed by atoms with E-state index in [1.807, 2.05) is 18.2 Å². The Morgan fingerprint density at radius 3 is 2.26 bits per heavy atom. The summed E-state index contributed by atoms with van der Waals surface area (Å²) in [7, 11) is -5.74. The summed E-state index contributed by atoms with van der Waals surface area (Å²) in [6, 6.07) is 27.5. The van der Waals surface area contributed by atoms with E-state index in [0.717, 1.165) is 38.2 Å². The van der Waals surface area contributed by atoms with Crippen molar-refractivity contribution in [3.8, 4) is 5.75 Å². The highest BCUT2D eigenvalue weighted by Gasteiger charge is 2.49. The highest BCUT2D eigenvalue weighted by molar-refractivity contribution is 7.88. The molecule has 0 N–H and O–H groups in total. The number of benzene rings is 3. The number of piperazine rings is 1. The molecule has 0 radical (unpaired) electrons. The van der Waals surface area contributed by atoms with Gasteiger partial charge in [-0.25, -0.2) is 0 Å². The Kier molecular flexibility index (Phi) is 7.52. The van der Waals surface area contributed by atoms with Crippen LogP contribution in [0.2, 0.25) is 0 Å². The number of hydrogen-bond donors (Lipinski definition) is 0. The third-order valence-corrected chi connectivity index (χ3v) is 9.44. The maximum absolute atomic E-state index is 12.9. The van der Waals surface area contributed by atoms with Crippen LogP contribution in [0, 0.1) is 5.92 Å². The Bertz CT molecular complexity index is 1390. The van der Waals surface area contributed by atoms with E-state index in [2.05, 4.69) is 76.4 Å². The predicted molar refractivity (Wildman–Crippen MR) is 145 cm³/mol. The number of fused-ring (bicyclic) bond motifs is 1. The van der Waals surface area contributed by atoms with E-state index in [1.165, 1.54) is 23.3 Å². The second-order valence-corrected chi connectivity index (χ2v) is 12.5. The largest absolute Gasteiger partial charge is 0.534 e. The van der Waals surface area contributed by atoms with Gasteiger partial charge in [0.2, 0.25) is 0 Å². The first-order valence-corrected chi connectivity index (χ1v) is 14.6. The molecule has 2 heterocycles. The Labute approximate surface area is 228 Å². The lowest BCUT2D eigenvalue weighted by molar-refractivity contribution is -0.0500. The van der Waals surface area contributed by atoms with Crippen LogP contribution in [0.1, 0.15) is 43.0 Å². The highest BCUT2D eigenvalue weighted by Crippen LogP contribution is 2.45. The van der Waals surface area contributed by atoms with Crippen LogP contribution >= 0.6 is 0 Å². The SMILES string of the molecule is C[C@H]1CN2C[C@H](c3ccccc3)N(Cc3ccccc3)C[C@H]2C[C@@]1(C)c1cccc(OS(=O)(=O)C(F)(F)F)c1. The second kappa shape index (κ2) is 10.6. The summed E-state index contributed by atoms with van der Waals surface area (Å²) >= 11 is 0. The summed E-state index contributed by atoms with van der Waals surface area (Å²) in [6.07, 6.45) is 0.788. The quantitative estimate of drug-likeness (QED) is 0.269. The summed E-state index contributed by atoms with van der Waals surface area (Å²) in [6.45, 7) is 7.65. The zero-order valence-corrected chi connectivity index (χ0v) is 22.8. The maximum atomic E-state index is 12.9. The summed E-state index contributed by atoms with van der Waals surface area (Å²) in [5.74, 6) is -0.139. The number of hydrogen-bond acceptors (Lipinski definition) is 5. The molecule has 3 aromatic rings. The van der Waals surface area contributed by atoms with Gasteiger partial charge in [0, 0.05) is 38.3 Å². The number of rotatable bonds is 6. The van der Waals surface area contributed by atoms with Gasteiger partial charge in [0.1, 0.15) is 5.75 Å². The molecule has 208 valence electrons. The lowest BCUT2D eigenvalue weighted by Crippen LogP contribution is -2.61. The van der Waals surface area contributed by atoms with Crippen LogP contribution in [0.15, 0.2) is 84.9 Å². The van der Waals surface area contributed by atoms with E-state index in [1.54, 1.807) is 6.07 Å². The lowest BCUT2D eigenvalue weighted by Gasteiger charge is -2.55. The van der Waals surface area contributed by atoms with Crippen molar-refractivity contribution in [1.29, 1.82) is 0 Å². The van der Waals surface area contributed by atoms with E-state index in [-0.39, 0.29) is 29.2 Å². The predicted octanol–water partition coefficient (Wildman–Crippen LogP) is 6.14. The second-order valence-electron chi connectivity index (χ2n) is 11.0. The van der Waals surface area contributed by atoms with Crippen molar-refractivity contribution >= 4 is 10.1 Å². The third kappa shape index (κ3) is 5.71. The average molecular weight is 559 g/mol. The molecule has 0 aromatic heterocycles. The van der Waals surface area contributed by atoms with Gasteiger partial charge in [-0.2, -0.15) is 21.6 Å². The minimum Gasteiger partial charge on any atom is -0.376 e. The molecular formula is C30H33F3N2O3S. The highest BCUT2D eigenvalue weighted by atomic mass is 32.2. The van der Waals surface area contributed by atoms with Crippen LogP contribution < -0.4 is 4.18 Å². The van der Waals surface area contributed by atoms with Gasteiger partial charge in [-0.1, -0.05) is 86.6 Å². The first kappa shape index (κ1) is 27.7. The van der Waals surface area contributed by atoms with E-state index in [9.17, 15) is 21.6 Å². The van der Waals surface area contributed by atoms with Crippen molar-refractivity contribution in [3.63, 3.8) is 0 Å². The van der Waals surface area contributed by atoms with E-state index in [0.29, 0.717) is 0 Å². The molecule has 2 saturated heterocycles. The molecule has 0 bridgehead atoms. The Morgan fingerprint density at radius 2 is 1.59 bits per heavy atom. The van der Waals surface area contributed by atoms with Gasteiger partial charge in [-0.3, -0.25) is 9.80 Å². The van der Waals surface area contributed by atoms with Crippen LogP contribution in [0.3, 0.4) is 0 Å². The molecule has 2 aliphatic heterocycles. The molecule has 4 atom stereocenters. The fraction of sp³-hybridized carbons (Fsp3) is 0.400. The van der Waals surface area contributed by atoms with Gasteiger partial charge >= 0.3 is 15.6 Å². The molecule has 5 nitrogen and oxygen atoms in total. The van der Waals surface area contributed by atoms with Crippen LogP contribution in [0.4, 0.5) is 13.2 Å². The van der Waals surface area contributed by atoms with Gasteiger partial charge in [-0.05, 0) is 46.6 Å².